The van der Waals surface area contributed by atoms with Crippen LogP contribution in [0.15, 0.2) is 21.5 Å². The molecule has 3 rings (SSSR count). The van der Waals surface area contributed by atoms with Crippen molar-refractivity contribution in [2.24, 2.45) is 0 Å². The van der Waals surface area contributed by atoms with Crippen LogP contribution in [-0.2, 0) is 14.4 Å². The van der Waals surface area contributed by atoms with E-state index in [1.165, 1.54) is 6.08 Å². The van der Waals surface area contributed by atoms with Gasteiger partial charge < -0.3 is 14.7 Å². The van der Waals surface area contributed by atoms with Crippen molar-refractivity contribution in [2.45, 2.75) is 25.7 Å². The fourth-order valence-corrected chi connectivity index (χ4v) is 5.80. The van der Waals surface area contributed by atoms with Gasteiger partial charge in [0.05, 0.1) is 9.38 Å². The van der Waals surface area contributed by atoms with Crippen molar-refractivity contribution < 1.29 is 29.0 Å². The fourth-order valence-electron chi connectivity index (χ4n) is 3.31. The van der Waals surface area contributed by atoms with E-state index in [9.17, 15) is 19.2 Å². The van der Waals surface area contributed by atoms with Gasteiger partial charge in [-0.3, -0.25) is 19.3 Å². The molecule has 2 saturated heterocycles. The van der Waals surface area contributed by atoms with Crippen LogP contribution in [-0.4, -0.2) is 64.2 Å². The third kappa shape index (κ3) is 6.22. The molecule has 2 heterocycles. The van der Waals surface area contributed by atoms with E-state index in [-0.39, 0.29) is 23.1 Å². The number of rotatable bonds is 6. The lowest BCUT2D eigenvalue weighted by atomic mass is 10.2. The molecular formula is C20H20BrIN2O6S. The van der Waals surface area contributed by atoms with Gasteiger partial charge in [-0.25, -0.2) is 4.79 Å². The molecule has 0 atom stereocenters. The second kappa shape index (κ2) is 10.8. The summed E-state index contributed by atoms with van der Waals surface area (Å²) in [6.07, 6.45) is 5.49. The molecule has 1 aromatic carbocycles. The molecule has 2 fully saturated rings. The molecule has 1 aromatic rings. The molecular weight excluding hydrogens is 603 g/mol. The van der Waals surface area contributed by atoms with E-state index in [0.29, 0.717) is 23.1 Å². The summed E-state index contributed by atoms with van der Waals surface area (Å²) in [6, 6.07) is 3.47. The maximum Gasteiger partial charge on any atom is 0.341 e. The summed E-state index contributed by atoms with van der Waals surface area (Å²) in [5.41, 5.74) is 0.462. The number of likely N-dealkylation sites (tertiary alicyclic amines) is 1. The molecule has 2 aliphatic heterocycles. The third-order valence-corrected chi connectivity index (χ3v) is 6.91. The summed E-state index contributed by atoms with van der Waals surface area (Å²) in [5.74, 6) is -1.65. The Bertz CT molecular complexity index is 946. The highest BCUT2D eigenvalue weighted by Crippen LogP contribution is 2.37. The number of aliphatic carboxylic acids is 1. The minimum atomic E-state index is -1.14. The van der Waals surface area contributed by atoms with Gasteiger partial charge in [0.25, 0.3) is 11.1 Å². The van der Waals surface area contributed by atoms with Gasteiger partial charge in [-0.2, -0.15) is 0 Å². The number of amides is 3. The molecule has 0 radical (unpaired) electrons. The Morgan fingerprint density at radius 3 is 2.52 bits per heavy atom. The fraction of sp³-hybridized carbons (Fsp3) is 0.400. The Morgan fingerprint density at radius 2 is 1.87 bits per heavy atom. The van der Waals surface area contributed by atoms with E-state index in [0.717, 1.165) is 45.9 Å². The van der Waals surface area contributed by atoms with Crippen LogP contribution >= 0.6 is 50.3 Å². The number of carbonyl (C=O) groups is 4. The van der Waals surface area contributed by atoms with Crippen LogP contribution in [0.3, 0.4) is 0 Å². The van der Waals surface area contributed by atoms with Gasteiger partial charge in [0.15, 0.2) is 6.61 Å². The molecule has 2 aliphatic rings. The van der Waals surface area contributed by atoms with Gasteiger partial charge in [-0.05, 0) is 81.3 Å². The van der Waals surface area contributed by atoms with E-state index in [1.54, 1.807) is 17.0 Å². The normalized spacial score (nSPS) is 18.5. The van der Waals surface area contributed by atoms with Crippen LogP contribution in [0.25, 0.3) is 6.08 Å². The number of hydrogen-bond donors (Lipinski definition) is 1. The molecule has 8 nitrogen and oxygen atoms in total. The Morgan fingerprint density at radius 1 is 1.19 bits per heavy atom. The first-order valence-electron chi connectivity index (χ1n) is 9.63. The average Bonchev–Trinajstić information content (AvgIpc) is 2.90. The SMILES string of the molecule is O=C(O)COc1c(Br)cc(I)cc1C=C1SC(=O)N(CC(=O)N2CCCCCC2)C1=O. The molecule has 0 aromatic heterocycles. The lowest BCUT2D eigenvalue weighted by molar-refractivity contribution is -0.139. The molecule has 0 aliphatic carbocycles. The van der Waals surface area contributed by atoms with Crippen LogP contribution in [0.2, 0.25) is 0 Å². The van der Waals surface area contributed by atoms with Gasteiger partial charge in [0.2, 0.25) is 5.91 Å². The average molecular weight is 623 g/mol. The Balaban J connectivity index is 1.80. The molecule has 31 heavy (non-hydrogen) atoms. The zero-order valence-electron chi connectivity index (χ0n) is 16.4. The van der Waals surface area contributed by atoms with Gasteiger partial charge in [0, 0.05) is 22.2 Å². The number of hydrogen-bond acceptors (Lipinski definition) is 6. The standard InChI is InChI=1S/C20H20BrIN2O6S/c21-14-9-13(22)7-12(18(14)30-11-17(26)27)8-15-19(28)24(20(29)31-15)10-16(25)23-5-3-1-2-4-6-23/h7-9H,1-6,10-11H2,(H,26,27). The maximum atomic E-state index is 12.9. The first-order chi connectivity index (χ1) is 14.8. The maximum absolute atomic E-state index is 12.9. The number of benzene rings is 1. The van der Waals surface area contributed by atoms with E-state index >= 15 is 0 Å². The number of carboxylic acid groups (broad SMARTS) is 1. The predicted molar refractivity (Wildman–Crippen MR) is 128 cm³/mol. The Hall–Kier alpha value is -1.60. The van der Waals surface area contributed by atoms with E-state index in [1.807, 2.05) is 0 Å². The zero-order chi connectivity index (χ0) is 22.5. The number of carboxylic acids is 1. The lowest BCUT2D eigenvalue weighted by Gasteiger charge is -2.22. The van der Waals surface area contributed by atoms with Gasteiger partial charge in [-0.15, -0.1) is 0 Å². The van der Waals surface area contributed by atoms with Crippen molar-refractivity contribution in [3.8, 4) is 5.75 Å². The Kier molecular flexibility index (Phi) is 8.39. The second-order valence-electron chi connectivity index (χ2n) is 7.05. The first-order valence-corrected chi connectivity index (χ1v) is 12.3. The summed E-state index contributed by atoms with van der Waals surface area (Å²) in [4.78, 5) is 51.6. The van der Waals surface area contributed by atoms with Gasteiger partial charge in [0.1, 0.15) is 12.3 Å². The predicted octanol–water partition coefficient (Wildman–Crippen LogP) is 3.96. The lowest BCUT2D eigenvalue weighted by Crippen LogP contribution is -2.42. The summed E-state index contributed by atoms with van der Waals surface area (Å²) in [7, 11) is 0. The van der Waals surface area contributed by atoms with Gasteiger partial charge >= 0.3 is 5.97 Å². The number of ether oxygens (including phenoxy) is 1. The van der Waals surface area contributed by atoms with Crippen LogP contribution in [0.4, 0.5) is 4.79 Å². The molecule has 0 unspecified atom stereocenters. The monoisotopic (exact) mass is 622 g/mol. The smallest absolute Gasteiger partial charge is 0.341 e. The second-order valence-corrected chi connectivity index (χ2v) is 10.1. The van der Waals surface area contributed by atoms with E-state index in [2.05, 4.69) is 38.5 Å². The number of halogens is 2. The van der Waals surface area contributed by atoms with Crippen LogP contribution in [0.5, 0.6) is 5.75 Å². The van der Waals surface area contributed by atoms with Crippen molar-refractivity contribution in [1.29, 1.82) is 0 Å². The highest BCUT2D eigenvalue weighted by Gasteiger charge is 2.37. The van der Waals surface area contributed by atoms with Crippen LogP contribution in [0, 0.1) is 3.57 Å². The first kappa shape index (κ1) is 24.1. The number of nitrogens with zero attached hydrogens (tertiary/aromatic N) is 2. The summed E-state index contributed by atoms with van der Waals surface area (Å²) in [6.45, 7) is 0.462. The molecule has 0 saturated carbocycles. The van der Waals surface area contributed by atoms with E-state index in [4.69, 9.17) is 9.84 Å². The molecule has 0 spiro atoms. The summed E-state index contributed by atoms with van der Waals surface area (Å²) < 4.78 is 6.72. The van der Waals surface area contributed by atoms with Crippen molar-refractivity contribution in [3.63, 3.8) is 0 Å². The Labute approximate surface area is 205 Å². The highest BCUT2D eigenvalue weighted by molar-refractivity contribution is 14.1. The molecule has 1 N–H and O–H groups in total. The molecule has 0 bridgehead atoms. The van der Waals surface area contributed by atoms with Crippen molar-refractivity contribution in [2.75, 3.05) is 26.2 Å². The minimum Gasteiger partial charge on any atom is -0.480 e. The third-order valence-electron chi connectivity index (χ3n) is 4.79. The topological polar surface area (TPSA) is 104 Å². The molecule has 166 valence electrons. The van der Waals surface area contributed by atoms with Crippen molar-refractivity contribution in [1.82, 2.24) is 9.80 Å². The van der Waals surface area contributed by atoms with Crippen molar-refractivity contribution in [3.05, 3.63) is 30.6 Å². The minimum absolute atomic E-state index is 0.155. The number of carbonyl (C=O) groups excluding carboxylic acids is 3. The molecule has 11 heteroatoms. The van der Waals surface area contributed by atoms with E-state index < -0.39 is 23.7 Å². The van der Waals surface area contributed by atoms with Crippen molar-refractivity contribution >= 4 is 79.4 Å². The quantitative estimate of drug-likeness (QED) is 0.378. The summed E-state index contributed by atoms with van der Waals surface area (Å²) >= 11 is 6.18. The number of imide groups is 1. The largest absolute Gasteiger partial charge is 0.480 e. The van der Waals surface area contributed by atoms with Crippen LogP contribution < -0.4 is 4.74 Å². The van der Waals surface area contributed by atoms with Crippen LogP contribution in [0.1, 0.15) is 31.2 Å². The van der Waals surface area contributed by atoms with Gasteiger partial charge in [-0.1, -0.05) is 12.8 Å². The number of thioether (sulfide) groups is 1. The molecule has 3 amide bonds. The highest BCUT2D eigenvalue weighted by atomic mass is 127. The summed E-state index contributed by atoms with van der Waals surface area (Å²) in [5, 5.41) is 8.41. The zero-order valence-corrected chi connectivity index (χ0v) is 21.0.